The zero-order valence-electron chi connectivity index (χ0n) is 11.2. The lowest BCUT2D eigenvalue weighted by molar-refractivity contribution is -0.141. The van der Waals surface area contributed by atoms with E-state index in [1.54, 1.807) is 30.1 Å². The first-order valence-electron chi connectivity index (χ1n) is 6.06. The number of anilines is 1. The molecule has 2 aromatic rings. The predicted molar refractivity (Wildman–Crippen MR) is 78.9 cm³/mol. The smallest absolute Gasteiger partial charge is 0.322 e. The van der Waals surface area contributed by atoms with Crippen molar-refractivity contribution in [1.82, 2.24) is 4.98 Å². The van der Waals surface area contributed by atoms with Crippen molar-refractivity contribution in [2.45, 2.75) is 13.1 Å². The second-order valence-corrected chi connectivity index (χ2v) is 5.44. The Bertz CT molecular complexity index is 784. The van der Waals surface area contributed by atoms with E-state index in [0.717, 1.165) is 16.1 Å². The van der Waals surface area contributed by atoms with Crippen LogP contribution in [0.3, 0.4) is 0 Å². The van der Waals surface area contributed by atoms with Crippen molar-refractivity contribution < 1.29 is 18.0 Å². The van der Waals surface area contributed by atoms with Gasteiger partial charge in [0.05, 0.1) is 0 Å². The zero-order chi connectivity index (χ0) is 16.5. The Kier molecular flexibility index (Phi) is 4.41. The van der Waals surface area contributed by atoms with Crippen molar-refractivity contribution in [2.75, 3.05) is 5.32 Å². The van der Waals surface area contributed by atoms with Crippen LogP contribution in [0, 0.1) is 6.92 Å². The molecular formula is C14H10BrF3N2O2. The van der Waals surface area contributed by atoms with Gasteiger partial charge in [0, 0.05) is 10.2 Å². The van der Waals surface area contributed by atoms with Gasteiger partial charge in [-0.1, -0.05) is 15.9 Å². The monoisotopic (exact) mass is 374 g/mol. The summed E-state index contributed by atoms with van der Waals surface area (Å²) in [4.78, 5) is 25.3. The molecule has 0 aliphatic carbocycles. The standard InChI is InChI=1S/C14H10BrF3N2O2/c1-7-6-8(15)2-4-10(7)19-12(21)9-3-5-11(14(16,17)18)20-13(9)22/h2-6H,1H3,(H,19,21)(H,20,22). The minimum atomic E-state index is -4.67. The number of benzene rings is 1. The van der Waals surface area contributed by atoms with Gasteiger partial charge in [0.2, 0.25) is 0 Å². The summed E-state index contributed by atoms with van der Waals surface area (Å²) in [5, 5.41) is 2.49. The highest BCUT2D eigenvalue weighted by atomic mass is 79.9. The van der Waals surface area contributed by atoms with Crippen molar-refractivity contribution in [2.24, 2.45) is 0 Å². The molecule has 2 N–H and O–H groups in total. The molecule has 0 aliphatic rings. The molecule has 0 aliphatic heterocycles. The second kappa shape index (κ2) is 5.96. The van der Waals surface area contributed by atoms with E-state index >= 15 is 0 Å². The molecule has 1 aromatic carbocycles. The minimum absolute atomic E-state index is 0.393. The zero-order valence-corrected chi connectivity index (χ0v) is 12.8. The fourth-order valence-corrected chi connectivity index (χ4v) is 2.25. The maximum Gasteiger partial charge on any atom is 0.431 e. The van der Waals surface area contributed by atoms with Crippen LogP contribution in [0.15, 0.2) is 39.6 Å². The Labute approximate surface area is 131 Å². The Balaban J connectivity index is 2.29. The number of carbonyl (C=O) groups is 1. The van der Waals surface area contributed by atoms with Crippen molar-refractivity contribution in [1.29, 1.82) is 0 Å². The maximum absolute atomic E-state index is 12.5. The Morgan fingerprint density at radius 1 is 1.23 bits per heavy atom. The molecule has 1 heterocycles. The van der Waals surface area contributed by atoms with Gasteiger partial charge in [-0.05, 0) is 42.8 Å². The number of amides is 1. The van der Waals surface area contributed by atoms with Crippen LogP contribution in [-0.2, 0) is 6.18 Å². The Morgan fingerprint density at radius 3 is 2.45 bits per heavy atom. The molecular weight excluding hydrogens is 365 g/mol. The molecule has 22 heavy (non-hydrogen) atoms. The summed E-state index contributed by atoms with van der Waals surface area (Å²) < 4.78 is 38.2. The molecule has 2 rings (SSSR count). The van der Waals surface area contributed by atoms with Crippen LogP contribution in [-0.4, -0.2) is 10.9 Å². The SMILES string of the molecule is Cc1cc(Br)ccc1NC(=O)c1ccc(C(F)(F)F)[nH]c1=O. The van der Waals surface area contributed by atoms with Gasteiger partial charge in [0.1, 0.15) is 11.3 Å². The number of nitrogens with one attached hydrogen (secondary N) is 2. The van der Waals surface area contributed by atoms with Crippen LogP contribution in [0.25, 0.3) is 0 Å². The number of carbonyl (C=O) groups excluding carboxylic acids is 1. The van der Waals surface area contributed by atoms with Gasteiger partial charge in [-0.25, -0.2) is 0 Å². The van der Waals surface area contributed by atoms with E-state index in [4.69, 9.17) is 0 Å². The molecule has 0 bridgehead atoms. The molecule has 8 heteroatoms. The lowest BCUT2D eigenvalue weighted by Gasteiger charge is -2.10. The third-order valence-electron chi connectivity index (χ3n) is 2.90. The second-order valence-electron chi connectivity index (χ2n) is 4.53. The summed E-state index contributed by atoms with van der Waals surface area (Å²) in [6.07, 6.45) is -4.67. The van der Waals surface area contributed by atoms with Gasteiger partial charge in [-0.3, -0.25) is 9.59 Å². The van der Waals surface area contributed by atoms with E-state index in [9.17, 15) is 22.8 Å². The topological polar surface area (TPSA) is 62.0 Å². The number of halogens is 4. The van der Waals surface area contributed by atoms with E-state index in [1.165, 1.54) is 0 Å². The van der Waals surface area contributed by atoms with Crippen LogP contribution in [0.2, 0.25) is 0 Å². The minimum Gasteiger partial charge on any atom is -0.322 e. The Hall–Kier alpha value is -2.09. The van der Waals surface area contributed by atoms with E-state index in [0.29, 0.717) is 11.8 Å². The van der Waals surface area contributed by atoms with Gasteiger partial charge in [0.15, 0.2) is 0 Å². The average Bonchev–Trinajstić information content (AvgIpc) is 2.40. The average molecular weight is 375 g/mol. The van der Waals surface area contributed by atoms with Gasteiger partial charge in [0.25, 0.3) is 11.5 Å². The summed E-state index contributed by atoms with van der Waals surface area (Å²) in [6, 6.07) is 6.58. The maximum atomic E-state index is 12.5. The van der Waals surface area contributed by atoms with Crippen LogP contribution < -0.4 is 10.9 Å². The van der Waals surface area contributed by atoms with E-state index < -0.39 is 28.9 Å². The molecule has 0 fully saturated rings. The van der Waals surface area contributed by atoms with Crippen LogP contribution >= 0.6 is 15.9 Å². The normalized spacial score (nSPS) is 11.3. The number of alkyl halides is 3. The summed E-state index contributed by atoms with van der Waals surface area (Å²) in [6.45, 7) is 1.75. The van der Waals surface area contributed by atoms with Crippen molar-refractivity contribution >= 4 is 27.5 Å². The molecule has 0 atom stereocenters. The van der Waals surface area contributed by atoms with E-state index in [1.807, 2.05) is 0 Å². The van der Waals surface area contributed by atoms with Gasteiger partial charge in [-0.2, -0.15) is 13.2 Å². The number of hydrogen-bond donors (Lipinski definition) is 2. The predicted octanol–water partition coefficient (Wildman–Crippen LogP) is 3.72. The fraction of sp³-hybridized carbons (Fsp3) is 0.143. The summed E-state index contributed by atoms with van der Waals surface area (Å²) in [7, 11) is 0. The third-order valence-corrected chi connectivity index (χ3v) is 3.39. The number of rotatable bonds is 2. The van der Waals surface area contributed by atoms with Crippen molar-refractivity contribution in [3.8, 4) is 0 Å². The molecule has 116 valence electrons. The lowest BCUT2D eigenvalue weighted by atomic mass is 10.2. The van der Waals surface area contributed by atoms with E-state index in [2.05, 4.69) is 21.2 Å². The number of aromatic nitrogens is 1. The summed E-state index contributed by atoms with van der Waals surface area (Å²) >= 11 is 3.27. The molecule has 0 saturated carbocycles. The van der Waals surface area contributed by atoms with Crippen molar-refractivity contribution in [3.05, 3.63) is 62.0 Å². The summed E-state index contributed by atoms with van der Waals surface area (Å²) in [5.41, 5.74) is -1.48. The fourth-order valence-electron chi connectivity index (χ4n) is 1.77. The molecule has 1 amide bonds. The quantitative estimate of drug-likeness (QED) is 0.841. The molecule has 0 unspecified atom stereocenters. The summed E-state index contributed by atoms with van der Waals surface area (Å²) in [5.74, 6) is -0.777. The molecule has 1 aromatic heterocycles. The lowest BCUT2D eigenvalue weighted by Crippen LogP contribution is -2.25. The first kappa shape index (κ1) is 16.3. The highest BCUT2D eigenvalue weighted by molar-refractivity contribution is 9.10. The van der Waals surface area contributed by atoms with Crippen LogP contribution in [0.5, 0.6) is 0 Å². The first-order valence-corrected chi connectivity index (χ1v) is 6.86. The number of aryl methyl sites for hydroxylation is 1. The van der Waals surface area contributed by atoms with Crippen LogP contribution in [0.1, 0.15) is 21.6 Å². The first-order chi connectivity index (χ1) is 10.2. The number of pyridine rings is 1. The van der Waals surface area contributed by atoms with Gasteiger partial charge in [-0.15, -0.1) is 0 Å². The highest BCUT2D eigenvalue weighted by Gasteiger charge is 2.32. The number of aromatic amines is 1. The third kappa shape index (κ3) is 3.56. The van der Waals surface area contributed by atoms with Crippen LogP contribution in [0.4, 0.5) is 18.9 Å². The van der Waals surface area contributed by atoms with Gasteiger partial charge >= 0.3 is 6.18 Å². The molecule has 0 radical (unpaired) electrons. The molecule has 4 nitrogen and oxygen atoms in total. The van der Waals surface area contributed by atoms with E-state index in [-0.39, 0.29) is 0 Å². The Morgan fingerprint density at radius 2 is 1.91 bits per heavy atom. The largest absolute Gasteiger partial charge is 0.431 e. The molecule has 0 spiro atoms. The highest BCUT2D eigenvalue weighted by Crippen LogP contribution is 2.26. The van der Waals surface area contributed by atoms with Crippen molar-refractivity contribution in [3.63, 3.8) is 0 Å². The number of H-pyrrole nitrogens is 1. The molecule has 0 saturated heterocycles. The number of hydrogen-bond acceptors (Lipinski definition) is 2. The van der Waals surface area contributed by atoms with Gasteiger partial charge < -0.3 is 10.3 Å².